The van der Waals surface area contributed by atoms with Gasteiger partial charge in [-0.2, -0.15) is 0 Å². The number of hydrogen-bond donors (Lipinski definition) is 2. The summed E-state index contributed by atoms with van der Waals surface area (Å²) < 4.78 is 5.27. The summed E-state index contributed by atoms with van der Waals surface area (Å²) in [7, 11) is 1.67. The molecule has 1 aromatic heterocycles. The van der Waals surface area contributed by atoms with E-state index in [1.807, 2.05) is 25.1 Å². The topological polar surface area (TPSA) is 77.2 Å². The Hall–Kier alpha value is -2.62. The Labute approximate surface area is 213 Å². The molecule has 0 aliphatic carbocycles. The first kappa shape index (κ1) is 27.0. The SMILES string of the molecule is CCN(CC)CCNC(=O)C(=O)N[C@H](C)[C@@H](c1cccs1)N1CCN(c2ccc(OC)cc2)CC1. The third kappa shape index (κ3) is 7.43. The predicted octanol–water partition coefficient (Wildman–Crippen LogP) is 2.58. The number of amides is 2. The monoisotopic (exact) mass is 501 g/mol. The maximum atomic E-state index is 12.6. The Balaban J connectivity index is 1.58. The van der Waals surface area contributed by atoms with Crippen LogP contribution in [0.5, 0.6) is 5.75 Å². The molecule has 0 radical (unpaired) electrons. The number of carbonyl (C=O) groups is 2. The molecule has 0 unspecified atom stereocenters. The highest BCUT2D eigenvalue weighted by Gasteiger charge is 2.32. The van der Waals surface area contributed by atoms with Gasteiger partial charge in [-0.25, -0.2) is 0 Å². The van der Waals surface area contributed by atoms with Crippen molar-refractivity contribution < 1.29 is 14.3 Å². The minimum absolute atomic E-state index is 0.0143. The lowest BCUT2D eigenvalue weighted by Gasteiger charge is -2.42. The Morgan fingerprint density at radius 1 is 1.06 bits per heavy atom. The molecule has 1 saturated heterocycles. The Kier molecular flexibility index (Phi) is 10.4. The fraction of sp³-hybridized carbons (Fsp3) is 0.538. The van der Waals surface area contributed by atoms with E-state index in [2.05, 4.69) is 62.8 Å². The van der Waals surface area contributed by atoms with Gasteiger partial charge in [0.15, 0.2) is 0 Å². The molecule has 0 spiro atoms. The van der Waals surface area contributed by atoms with Gasteiger partial charge in [0.1, 0.15) is 5.75 Å². The molecule has 0 bridgehead atoms. The van der Waals surface area contributed by atoms with Gasteiger partial charge in [0, 0.05) is 55.9 Å². The van der Waals surface area contributed by atoms with Crippen LogP contribution in [0, 0.1) is 0 Å². The first-order valence-electron chi connectivity index (χ1n) is 12.4. The maximum absolute atomic E-state index is 12.6. The van der Waals surface area contributed by atoms with Gasteiger partial charge in [-0.15, -0.1) is 11.3 Å². The van der Waals surface area contributed by atoms with E-state index >= 15 is 0 Å². The summed E-state index contributed by atoms with van der Waals surface area (Å²) in [4.78, 5) is 33.2. The number of rotatable bonds is 11. The zero-order valence-electron chi connectivity index (χ0n) is 21.3. The van der Waals surface area contributed by atoms with Crippen molar-refractivity contribution in [1.82, 2.24) is 20.4 Å². The maximum Gasteiger partial charge on any atom is 0.309 e. The van der Waals surface area contributed by atoms with Crippen LogP contribution in [-0.2, 0) is 9.59 Å². The van der Waals surface area contributed by atoms with Gasteiger partial charge in [0.05, 0.1) is 13.2 Å². The number of anilines is 1. The second-order valence-corrected chi connectivity index (χ2v) is 9.71. The number of nitrogens with zero attached hydrogens (tertiary/aromatic N) is 3. The number of likely N-dealkylation sites (N-methyl/N-ethyl adjacent to an activating group) is 1. The standard InChI is InChI=1S/C26H39N5O3S/c1-5-29(6-2)14-13-27-25(32)26(33)28-20(3)24(23-8-7-19-35-23)31-17-15-30(16-18-31)21-9-11-22(34-4)12-10-21/h7-12,19-20,24H,5-6,13-18H2,1-4H3,(H,27,32)(H,28,33)/t20-,24+/m1/s1. The molecule has 2 atom stereocenters. The molecule has 2 aromatic rings. The highest BCUT2D eigenvalue weighted by Crippen LogP contribution is 2.30. The second-order valence-electron chi connectivity index (χ2n) is 8.73. The van der Waals surface area contributed by atoms with E-state index in [0.29, 0.717) is 6.54 Å². The van der Waals surface area contributed by atoms with Crippen LogP contribution in [0.15, 0.2) is 41.8 Å². The van der Waals surface area contributed by atoms with Crippen LogP contribution >= 0.6 is 11.3 Å². The quantitative estimate of drug-likeness (QED) is 0.461. The van der Waals surface area contributed by atoms with Crippen molar-refractivity contribution in [2.45, 2.75) is 32.9 Å². The van der Waals surface area contributed by atoms with Crippen LogP contribution in [0.2, 0.25) is 0 Å². The number of benzene rings is 1. The summed E-state index contributed by atoms with van der Waals surface area (Å²) in [5.41, 5.74) is 1.18. The van der Waals surface area contributed by atoms with Crippen molar-refractivity contribution in [3.8, 4) is 5.75 Å². The zero-order valence-corrected chi connectivity index (χ0v) is 22.1. The fourth-order valence-electron chi connectivity index (χ4n) is 4.55. The van der Waals surface area contributed by atoms with Crippen molar-refractivity contribution in [3.05, 3.63) is 46.7 Å². The summed E-state index contributed by atoms with van der Waals surface area (Å²) in [6, 6.07) is 12.1. The van der Waals surface area contributed by atoms with Gasteiger partial charge in [-0.1, -0.05) is 19.9 Å². The number of carbonyl (C=O) groups excluding carboxylic acids is 2. The van der Waals surface area contributed by atoms with E-state index in [0.717, 1.165) is 51.6 Å². The van der Waals surface area contributed by atoms with E-state index < -0.39 is 11.8 Å². The molecule has 1 aliphatic rings. The van der Waals surface area contributed by atoms with Crippen molar-refractivity contribution in [1.29, 1.82) is 0 Å². The summed E-state index contributed by atoms with van der Waals surface area (Å²) in [6.45, 7) is 12.7. The smallest absolute Gasteiger partial charge is 0.309 e. The summed E-state index contributed by atoms with van der Waals surface area (Å²) in [5, 5.41) is 7.77. The number of ether oxygens (including phenoxy) is 1. The van der Waals surface area contributed by atoms with Gasteiger partial charge in [0.2, 0.25) is 0 Å². The van der Waals surface area contributed by atoms with Crippen LogP contribution < -0.4 is 20.3 Å². The van der Waals surface area contributed by atoms with Crippen LogP contribution in [0.1, 0.15) is 31.7 Å². The lowest BCUT2D eigenvalue weighted by molar-refractivity contribution is -0.139. The number of thiophene rings is 1. The van der Waals surface area contributed by atoms with Crippen molar-refractivity contribution >= 4 is 28.8 Å². The van der Waals surface area contributed by atoms with Gasteiger partial charge in [-0.05, 0) is 55.7 Å². The molecular weight excluding hydrogens is 462 g/mol. The highest BCUT2D eigenvalue weighted by molar-refractivity contribution is 7.10. The van der Waals surface area contributed by atoms with Crippen LogP contribution in [-0.4, -0.2) is 87.1 Å². The van der Waals surface area contributed by atoms with E-state index in [9.17, 15) is 9.59 Å². The number of piperazine rings is 1. The summed E-state index contributed by atoms with van der Waals surface area (Å²) in [5.74, 6) is -0.291. The molecule has 3 rings (SSSR count). The van der Waals surface area contributed by atoms with Gasteiger partial charge >= 0.3 is 11.8 Å². The van der Waals surface area contributed by atoms with Crippen LogP contribution in [0.4, 0.5) is 5.69 Å². The Morgan fingerprint density at radius 3 is 2.31 bits per heavy atom. The first-order chi connectivity index (χ1) is 17.0. The fourth-order valence-corrected chi connectivity index (χ4v) is 5.52. The molecule has 35 heavy (non-hydrogen) atoms. The molecule has 0 saturated carbocycles. The molecule has 192 valence electrons. The third-order valence-corrected chi connectivity index (χ3v) is 7.57. The normalized spacial score (nSPS) is 16.1. The van der Waals surface area contributed by atoms with Crippen LogP contribution in [0.25, 0.3) is 0 Å². The van der Waals surface area contributed by atoms with Crippen molar-refractivity contribution in [2.75, 3.05) is 64.4 Å². The molecule has 1 fully saturated rings. The van der Waals surface area contributed by atoms with Gasteiger partial charge in [-0.3, -0.25) is 14.5 Å². The minimum atomic E-state index is -0.574. The van der Waals surface area contributed by atoms with Crippen molar-refractivity contribution in [2.24, 2.45) is 0 Å². The molecule has 2 heterocycles. The molecule has 9 heteroatoms. The zero-order chi connectivity index (χ0) is 25.2. The average Bonchev–Trinajstić information content (AvgIpc) is 3.41. The number of hydrogen-bond acceptors (Lipinski definition) is 7. The Bertz CT molecular complexity index is 910. The van der Waals surface area contributed by atoms with Crippen molar-refractivity contribution in [3.63, 3.8) is 0 Å². The van der Waals surface area contributed by atoms with Gasteiger partial charge < -0.3 is 25.2 Å². The third-order valence-electron chi connectivity index (χ3n) is 6.63. The highest BCUT2D eigenvalue weighted by atomic mass is 32.1. The molecular formula is C26H39N5O3S. The number of methoxy groups -OCH3 is 1. The van der Waals surface area contributed by atoms with E-state index in [-0.39, 0.29) is 12.1 Å². The lowest BCUT2D eigenvalue weighted by Crippen LogP contribution is -2.54. The Morgan fingerprint density at radius 2 is 1.74 bits per heavy atom. The van der Waals surface area contributed by atoms with E-state index in [1.54, 1.807) is 18.4 Å². The molecule has 2 amide bonds. The molecule has 8 nitrogen and oxygen atoms in total. The predicted molar refractivity (Wildman–Crippen MR) is 142 cm³/mol. The van der Waals surface area contributed by atoms with E-state index in [1.165, 1.54) is 10.6 Å². The summed E-state index contributed by atoms with van der Waals surface area (Å²) >= 11 is 1.69. The van der Waals surface area contributed by atoms with Gasteiger partial charge in [0.25, 0.3) is 0 Å². The minimum Gasteiger partial charge on any atom is -0.497 e. The number of nitrogens with one attached hydrogen (secondary N) is 2. The average molecular weight is 502 g/mol. The largest absolute Gasteiger partial charge is 0.497 e. The van der Waals surface area contributed by atoms with Crippen LogP contribution in [0.3, 0.4) is 0 Å². The first-order valence-corrected chi connectivity index (χ1v) is 13.3. The van der Waals surface area contributed by atoms with E-state index in [4.69, 9.17) is 4.74 Å². The molecule has 1 aliphatic heterocycles. The second kappa shape index (κ2) is 13.5. The molecule has 1 aromatic carbocycles. The lowest BCUT2D eigenvalue weighted by atomic mass is 10.0. The molecule has 2 N–H and O–H groups in total. The summed E-state index contributed by atoms with van der Waals surface area (Å²) in [6.07, 6.45) is 0.